The molecule has 2 aromatic carbocycles. The summed E-state index contributed by atoms with van der Waals surface area (Å²) in [6.07, 6.45) is 0.0469. The van der Waals surface area contributed by atoms with E-state index in [4.69, 9.17) is 9.79 Å². The van der Waals surface area contributed by atoms with E-state index in [2.05, 4.69) is 27.9 Å². The van der Waals surface area contributed by atoms with Crippen LogP contribution in [0.1, 0.15) is 32.7 Å². The molecule has 1 fully saturated rings. The van der Waals surface area contributed by atoms with Gasteiger partial charge >= 0.3 is 13.6 Å². The molecule has 0 aliphatic carbocycles. The lowest BCUT2D eigenvalue weighted by molar-refractivity contribution is 0.0632. The van der Waals surface area contributed by atoms with Crippen LogP contribution in [-0.4, -0.2) is 75.5 Å². The molecule has 0 bridgehead atoms. The molecule has 2 aromatic rings. The number of hydrogen-bond acceptors (Lipinski definition) is 5. The van der Waals surface area contributed by atoms with Gasteiger partial charge in [-0.2, -0.15) is 0 Å². The maximum Gasteiger partial charge on any atom is 0.337 e. The molecule has 190 valence electrons. The number of carboxylic acid groups (broad SMARTS) is 1. The van der Waals surface area contributed by atoms with Gasteiger partial charge in [0.25, 0.3) is 5.91 Å². The summed E-state index contributed by atoms with van der Waals surface area (Å²) < 4.78 is 41.9. The highest BCUT2D eigenvalue weighted by atomic mass is 127. The van der Waals surface area contributed by atoms with Gasteiger partial charge in [0, 0.05) is 35.4 Å². The van der Waals surface area contributed by atoms with Gasteiger partial charge in [0.05, 0.1) is 23.0 Å². The predicted molar refractivity (Wildman–Crippen MR) is 134 cm³/mol. The largest absolute Gasteiger partial charge is 0.478 e. The minimum Gasteiger partial charge on any atom is -0.478 e. The zero-order chi connectivity index (χ0) is 25.9. The van der Waals surface area contributed by atoms with E-state index in [0.29, 0.717) is 30.9 Å². The topological polar surface area (TPSA) is 130 Å². The van der Waals surface area contributed by atoms with E-state index >= 15 is 4.39 Å². The van der Waals surface area contributed by atoms with Gasteiger partial charge in [0.1, 0.15) is 0 Å². The Balaban J connectivity index is 1.78. The lowest BCUT2D eigenvalue weighted by Crippen LogP contribution is -2.49. The minimum absolute atomic E-state index is 0.181. The molecule has 1 aliphatic rings. The normalized spacial score (nSPS) is 14.7. The van der Waals surface area contributed by atoms with Gasteiger partial charge in [-0.3, -0.25) is 14.3 Å². The molecule has 1 aliphatic heterocycles. The number of nitrogens with one attached hydrogen (secondary N) is 1. The molecule has 1 amide bonds. The molecular weight excluding hydrogens is 598 g/mol. The van der Waals surface area contributed by atoms with Crippen LogP contribution in [0.25, 0.3) is 0 Å². The number of aromatic carboxylic acids is 1. The second-order valence-corrected chi connectivity index (χ2v) is 11.3. The van der Waals surface area contributed by atoms with Gasteiger partial charge in [-0.25, -0.2) is 13.6 Å². The molecule has 13 heteroatoms. The molecule has 0 spiro atoms. The number of aryl methyl sites for hydroxylation is 1. The number of halogens is 3. The number of hydrogen-bond donors (Lipinski definition) is 4. The van der Waals surface area contributed by atoms with Crippen LogP contribution in [0, 0.1) is 22.1 Å². The van der Waals surface area contributed by atoms with E-state index in [1.165, 1.54) is 4.90 Å². The van der Waals surface area contributed by atoms with Crippen LogP contribution in [0.2, 0.25) is 0 Å². The fourth-order valence-electron chi connectivity index (χ4n) is 3.82. The number of piperazine rings is 1. The van der Waals surface area contributed by atoms with E-state index in [1.807, 2.05) is 4.90 Å². The van der Waals surface area contributed by atoms with Crippen molar-refractivity contribution in [2.75, 3.05) is 44.2 Å². The van der Waals surface area contributed by atoms with Crippen LogP contribution < -0.4 is 5.32 Å². The predicted octanol–water partition coefficient (Wildman–Crippen LogP) is 3.65. The highest BCUT2D eigenvalue weighted by molar-refractivity contribution is 14.1. The molecule has 1 heterocycles. The van der Waals surface area contributed by atoms with E-state index in [9.17, 15) is 23.7 Å². The van der Waals surface area contributed by atoms with E-state index < -0.39 is 47.9 Å². The van der Waals surface area contributed by atoms with Crippen LogP contribution in [-0.2, 0) is 4.57 Å². The summed E-state index contributed by atoms with van der Waals surface area (Å²) in [4.78, 5) is 45.9. The summed E-state index contributed by atoms with van der Waals surface area (Å²) in [7, 11) is -4.08. The summed E-state index contributed by atoms with van der Waals surface area (Å²) in [5, 5.41) is 12.3. The van der Waals surface area contributed by atoms with Crippen molar-refractivity contribution < 1.29 is 37.8 Å². The van der Waals surface area contributed by atoms with Crippen molar-refractivity contribution in [2.24, 2.45) is 0 Å². The monoisotopic (exact) mass is 623 g/mol. The van der Waals surface area contributed by atoms with Crippen LogP contribution in [0.5, 0.6) is 0 Å². The van der Waals surface area contributed by atoms with Crippen molar-refractivity contribution >= 4 is 53.4 Å². The molecular formula is C22H25F2IN3O6P. The van der Waals surface area contributed by atoms with Gasteiger partial charge < -0.3 is 25.1 Å². The molecule has 9 nitrogen and oxygen atoms in total. The van der Waals surface area contributed by atoms with Gasteiger partial charge in [-0.15, -0.1) is 0 Å². The number of nitrogens with zero attached hydrogens (tertiary/aromatic N) is 2. The van der Waals surface area contributed by atoms with Crippen molar-refractivity contribution in [3.63, 3.8) is 0 Å². The number of benzene rings is 2. The molecule has 0 radical (unpaired) electrons. The zero-order valence-electron chi connectivity index (χ0n) is 18.8. The quantitative estimate of drug-likeness (QED) is 0.259. The molecule has 0 atom stereocenters. The Morgan fingerprint density at radius 2 is 1.74 bits per heavy atom. The smallest absolute Gasteiger partial charge is 0.337 e. The van der Waals surface area contributed by atoms with Crippen molar-refractivity contribution in [3.05, 3.63) is 56.2 Å². The highest BCUT2D eigenvalue weighted by Gasteiger charge is 2.30. The molecule has 0 unspecified atom stereocenters. The molecule has 3 rings (SSSR count). The number of carbonyl (C=O) groups is 2. The van der Waals surface area contributed by atoms with Gasteiger partial charge in [-0.05, 0) is 72.3 Å². The van der Waals surface area contributed by atoms with Crippen LogP contribution >= 0.6 is 30.2 Å². The maximum absolute atomic E-state index is 15.1. The first-order valence-electron chi connectivity index (χ1n) is 10.7. The lowest BCUT2D eigenvalue weighted by Gasteiger charge is -2.35. The Bertz CT molecular complexity index is 1180. The third-order valence-corrected chi connectivity index (χ3v) is 7.27. The second-order valence-electron chi connectivity index (χ2n) is 8.24. The summed E-state index contributed by atoms with van der Waals surface area (Å²) in [6.45, 7) is 3.30. The highest BCUT2D eigenvalue weighted by Crippen LogP contribution is 2.35. The minimum atomic E-state index is -4.08. The second kappa shape index (κ2) is 11.3. The zero-order valence-corrected chi connectivity index (χ0v) is 21.9. The Morgan fingerprint density at radius 3 is 2.31 bits per heavy atom. The first-order valence-corrected chi connectivity index (χ1v) is 13.6. The summed E-state index contributed by atoms with van der Waals surface area (Å²) >= 11 is 2.09. The number of amides is 1. The Hall–Kier alpha value is -2.12. The summed E-state index contributed by atoms with van der Waals surface area (Å²) in [6, 6.07) is 5.99. The maximum atomic E-state index is 15.1. The number of rotatable bonds is 8. The van der Waals surface area contributed by atoms with Crippen molar-refractivity contribution in [3.8, 4) is 0 Å². The lowest BCUT2D eigenvalue weighted by atomic mass is 10.0. The molecule has 1 saturated heterocycles. The summed E-state index contributed by atoms with van der Waals surface area (Å²) in [5.41, 5.74) is -0.696. The van der Waals surface area contributed by atoms with Crippen molar-refractivity contribution in [1.29, 1.82) is 0 Å². The van der Waals surface area contributed by atoms with Crippen molar-refractivity contribution in [1.82, 2.24) is 9.80 Å². The third-order valence-electron chi connectivity index (χ3n) is 5.70. The van der Waals surface area contributed by atoms with Crippen molar-refractivity contribution in [2.45, 2.75) is 13.3 Å². The standard InChI is InChI=1S/C22H25F2IN3O6P/c1-13-11-14(25)3-4-17(13)26-20-16(22(30)31)12-15(18(23)19(20)24)21(29)28-8-6-27(7-9-28)5-2-10-35(32,33)34/h3-4,11-12,26H,2,5-10H2,1H3,(H,30,31)(H2,32,33,34). The van der Waals surface area contributed by atoms with Gasteiger partial charge in [0.2, 0.25) is 0 Å². The van der Waals surface area contributed by atoms with Gasteiger partial charge in [0.15, 0.2) is 11.6 Å². The molecule has 35 heavy (non-hydrogen) atoms. The Morgan fingerprint density at radius 1 is 1.09 bits per heavy atom. The first kappa shape index (κ1) is 27.5. The third kappa shape index (κ3) is 6.98. The molecule has 4 N–H and O–H groups in total. The van der Waals surface area contributed by atoms with Crippen LogP contribution in [0.4, 0.5) is 20.2 Å². The Labute approximate surface area is 214 Å². The summed E-state index contributed by atoms with van der Waals surface area (Å²) in [5.74, 6) is -5.23. The first-order chi connectivity index (χ1) is 16.4. The molecule has 0 saturated carbocycles. The number of carbonyl (C=O) groups excluding carboxylic acids is 1. The number of anilines is 2. The van der Waals surface area contributed by atoms with E-state index in [0.717, 1.165) is 9.64 Å². The Kier molecular flexibility index (Phi) is 8.86. The average Bonchev–Trinajstić information content (AvgIpc) is 2.77. The van der Waals surface area contributed by atoms with Gasteiger partial charge in [-0.1, -0.05) is 0 Å². The fourth-order valence-corrected chi connectivity index (χ4v) is 5.02. The number of carboxylic acids is 1. The van der Waals surface area contributed by atoms with Crippen LogP contribution in [0.3, 0.4) is 0 Å². The SMILES string of the molecule is Cc1cc(I)ccc1Nc1c(C(=O)O)cc(C(=O)N2CCN(CCCP(=O)(O)O)CC2)c(F)c1F. The average molecular weight is 623 g/mol. The fraction of sp³-hybridized carbons (Fsp3) is 0.364. The van der Waals surface area contributed by atoms with E-state index in [1.54, 1.807) is 25.1 Å². The van der Waals surface area contributed by atoms with Crippen LogP contribution in [0.15, 0.2) is 24.3 Å². The van der Waals surface area contributed by atoms with E-state index in [-0.39, 0.29) is 25.7 Å². The molecule has 0 aromatic heterocycles.